The van der Waals surface area contributed by atoms with Crippen LogP contribution in [0.15, 0.2) is 48.0 Å². The molecular formula is C21H19ClF2N4O2S. The Labute approximate surface area is 186 Å². The van der Waals surface area contributed by atoms with Crippen LogP contribution in [0.4, 0.5) is 19.7 Å². The van der Waals surface area contributed by atoms with Gasteiger partial charge in [0, 0.05) is 36.1 Å². The normalized spacial score (nSPS) is 14.6. The number of benzene rings is 1. The van der Waals surface area contributed by atoms with Gasteiger partial charge in [-0.1, -0.05) is 23.7 Å². The minimum atomic E-state index is -2.92. The third-order valence-electron chi connectivity index (χ3n) is 5.01. The summed E-state index contributed by atoms with van der Waals surface area (Å²) in [5.74, 6) is 0.661. The Bertz CT molecular complexity index is 1040. The van der Waals surface area contributed by atoms with E-state index in [4.69, 9.17) is 11.6 Å². The zero-order valence-electron chi connectivity index (χ0n) is 16.3. The molecule has 0 spiro atoms. The smallest absolute Gasteiger partial charge is 0.387 e. The van der Waals surface area contributed by atoms with E-state index >= 15 is 0 Å². The number of aromatic nitrogens is 2. The number of halogens is 3. The first kappa shape index (κ1) is 21.5. The van der Waals surface area contributed by atoms with Crippen LogP contribution >= 0.6 is 22.9 Å². The second-order valence-electron chi connectivity index (χ2n) is 7.00. The first-order valence-corrected chi connectivity index (χ1v) is 10.9. The molecule has 2 aromatic heterocycles. The van der Waals surface area contributed by atoms with E-state index in [1.807, 2.05) is 6.07 Å². The molecule has 6 nitrogen and oxygen atoms in total. The van der Waals surface area contributed by atoms with Crippen LogP contribution in [-0.2, 0) is 4.79 Å². The van der Waals surface area contributed by atoms with Crippen LogP contribution in [0.3, 0.4) is 0 Å². The topological polar surface area (TPSA) is 67.3 Å². The molecule has 3 heterocycles. The standard InChI is InChI=1S/C21H19ClF2N4O2S/c22-14-5-6-18(25-11-14)28-9-7-13(8-10-28)19(29)27-21-26-16(12-31-21)15-3-1-2-4-17(15)30-20(23)24/h1-6,11-13,20H,7-10H2,(H,26,27,29). The fraction of sp³-hybridized carbons (Fsp3) is 0.286. The molecule has 31 heavy (non-hydrogen) atoms. The third kappa shape index (κ3) is 5.29. The van der Waals surface area contributed by atoms with E-state index in [2.05, 4.69) is 24.9 Å². The van der Waals surface area contributed by atoms with Crippen LogP contribution < -0.4 is 15.0 Å². The molecule has 10 heteroatoms. The summed E-state index contributed by atoms with van der Waals surface area (Å²) in [6, 6.07) is 10.1. The Morgan fingerprint density at radius 2 is 2.00 bits per heavy atom. The molecule has 0 unspecified atom stereocenters. The van der Waals surface area contributed by atoms with Gasteiger partial charge < -0.3 is 15.0 Å². The largest absolute Gasteiger partial charge is 0.434 e. The Kier molecular flexibility index (Phi) is 6.62. The first-order valence-electron chi connectivity index (χ1n) is 9.66. The van der Waals surface area contributed by atoms with Crippen molar-refractivity contribution >= 4 is 39.8 Å². The van der Waals surface area contributed by atoms with Crippen molar-refractivity contribution in [2.75, 3.05) is 23.3 Å². The lowest BCUT2D eigenvalue weighted by Gasteiger charge is -2.32. The van der Waals surface area contributed by atoms with E-state index in [0.29, 0.717) is 47.3 Å². The van der Waals surface area contributed by atoms with Gasteiger partial charge in [-0.15, -0.1) is 11.3 Å². The zero-order chi connectivity index (χ0) is 21.8. The number of hydrogen-bond acceptors (Lipinski definition) is 6. The molecule has 0 radical (unpaired) electrons. The highest BCUT2D eigenvalue weighted by Gasteiger charge is 2.26. The average molecular weight is 465 g/mol. The number of piperidine rings is 1. The summed E-state index contributed by atoms with van der Waals surface area (Å²) in [4.78, 5) is 23.5. The van der Waals surface area contributed by atoms with Gasteiger partial charge in [-0.05, 0) is 37.1 Å². The number of amides is 1. The fourth-order valence-corrected chi connectivity index (χ4v) is 4.29. The second-order valence-corrected chi connectivity index (χ2v) is 8.29. The summed E-state index contributed by atoms with van der Waals surface area (Å²) in [7, 11) is 0. The summed E-state index contributed by atoms with van der Waals surface area (Å²) < 4.78 is 29.9. The first-order chi connectivity index (χ1) is 15.0. The van der Waals surface area contributed by atoms with E-state index in [1.54, 1.807) is 35.8 Å². The molecule has 0 atom stereocenters. The number of thiazole rings is 1. The molecule has 1 aliphatic heterocycles. The highest BCUT2D eigenvalue weighted by Crippen LogP contribution is 2.33. The minimum absolute atomic E-state index is 0.0452. The second kappa shape index (κ2) is 9.57. The van der Waals surface area contributed by atoms with Crippen molar-refractivity contribution in [2.45, 2.75) is 19.5 Å². The molecule has 1 saturated heterocycles. The Balaban J connectivity index is 1.36. The van der Waals surface area contributed by atoms with Crippen molar-refractivity contribution in [3.05, 3.63) is 53.0 Å². The summed E-state index contributed by atoms with van der Waals surface area (Å²) in [6.07, 6.45) is 3.00. The third-order valence-corrected chi connectivity index (χ3v) is 6.00. The molecule has 0 aliphatic carbocycles. The lowest BCUT2D eigenvalue weighted by molar-refractivity contribution is -0.120. The molecule has 1 aromatic carbocycles. The van der Waals surface area contributed by atoms with Gasteiger partial charge in [0.15, 0.2) is 5.13 Å². The van der Waals surface area contributed by atoms with Gasteiger partial charge >= 0.3 is 6.61 Å². The van der Waals surface area contributed by atoms with Gasteiger partial charge in [0.2, 0.25) is 5.91 Å². The van der Waals surface area contributed by atoms with Crippen molar-refractivity contribution in [3.63, 3.8) is 0 Å². The number of nitrogens with zero attached hydrogens (tertiary/aromatic N) is 3. The highest BCUT2D eigenvalue weighted by molar-refractivity contribution is 7.14. The highest BCUT2D eigenvalue weighted by atomic mass is 35.5. The number of rotatable bonds is 6. The van der Waals surface area contributed by atoms with E-state index < -0.39 is 6.61 Å². The number of alkyl halides is 2. The van der Waals surface area contributed by atoms with Crippen LogP contribution in [0.5, 0.6) is 5.75 Å². The van der Waals surface area contributed by atoms with Crippen LogP contribution in [0.25, 0.3) is 11.3 Å². The number of anilines is 2. The summed E-state index contributed by atoms with van der Waals surface area (Å²) in [5.41, 5.74) is 0.920. The Morgan fingerprint density at radius 3 is 2.71 bits per heavy atom. The van der Waals surface area contributed by atoms with Crippen LogP contribution in [-0.4, -0.2) is 35.6 Å². The lowest BCUT2D eigenvalue weighted by atomic mass is 9.96. The maximum atomic E-state index is 12.7. The van der Waals surface area contributed by atoms with E-state index in [9.17, 15) is 13.6 Å². The van der Waals surface area contributed by atoms with Crippen LogP contribution in [0, 0.1) is 5.92 Å². The van der Waals surface area contributed by atoms with Gasteiger partial charge in [0.25, 0.3) is 0 Å². The van der Waals surface area contributed by atoms with Crippen LogP contribution in [0.2, 0.25) is 5.02 Å². The molecule has 1 aliphatic rings. The van der Waals surface area contributed by atoms with Crippen molar-refractivity contribution in [2.24, 2.45) is 5.92 Å². The minimum Gasteiger partial charge on any atom is -0.434 e. The number of hydrogen-bond donors (Lipinski definition) is 1. The molecule has 1 N–H and O–H groups in total. The molecule has 3 aromatic rings. The molecule has 162 valence electrons. The van der Waals surface area contributed by atoms with Gasteiger partial charge in [-0.2, -0.15) is 8.78 Å². The van der Waals surface area contributed by atoms with Gasteiger partial charge in [0.1, 0.15) is 11.6 Å². The maximum Gasteiger partial charge on any atom is 0.387 e. The lowest BCUT2D eigenvalue weighted by Crippen LogP contribution is -2.38. The molecule has 0 bridgehead atoms. The monoisotopic (exact) mass is 464 g/mol. The molecule has 1 fully saturated rings. The number of carbonyl (C=O) groups is 1. The number of nitrogens with one attached hydrogen (secondary N) is 1. The molecule has 0 saturated carbocycles. The maximum absolute atomic E-state index is 12.7. The van der Waals surface area contributed by atoms with Gasteiger partial charge in [-0.25, -0.2) is 9.97 Å². The predicted octanol–water partition coefficient (Wildman–Crippen LogP) is 5.32. The quantitative estimate of drug-likeness (QED) is 0.535. The number of carbonyl (C=O) groups excluding carboxylic acids is 1. The summed E-state index contributed by atoms with van der Waals surface area (Å²) in [5, 5.41) is 5.57. The Hall–Kier alpha value is -2.78. The van der Waals surface area contributed by atoms with E-state index in [1.165, 1.54) is 17.4 Å². The number of para-hydroxylation sites is 1. The summed E-state index contributed by atoms with van der Waals surface area (Å²) >= 11 is 7.13. The zero-order valence-corrected chi connectivity index (χ0v) is 17.9. The van der Waals surface area contributed by atoms with Gasteiger partial charge in [0.05, 0.1) is 10.7 Å². The van der Waals surface area contributed by atoms with E-state index in [-0.39, 0.29) is 17.6 Å². The molecule has 4 rings (SSSR count). The number of pyridine rings is 1. The van der Waals surface area contributed by atoms with Crippen molar-refractivity contribution in [1.29, 1.82) is 0 Å². The summed E-state index contributed by atoms with van der Waals surface area (Å²) in [6.45, 7) is -1.49. The van der Waals surface area contributed by atoms with Crippen molar-refractivity contribution in [1.82, 2.24) is 9.97 Å². The Morgan fingerprint density at radius 1 is 1.23 bits per heavy atom. The SMILES string of the molecule is O=C(Nc1nc(-c2ccccc2OC(F)F)cs1)C1CCN(c2ccc(Cl)cn2)CC1. The van der Waals surface area contributed by atoms with Crippen molar-refractivity contribution < 1.29 is 18.3 Å². The number of ether oxygens (including phenoxy) is 1. The fourth-order valence-electron chi connectivity index (χ4n) is 3.47. The molecule has 1 amide bonds. The van der Waals surface area contributed by atoms with Gasteiger partial charge in [-0.3, -0.25) is 4.79 Å². The van der Waals surface area contributed by atoms with E-state index in [0.717, 1.165) is 5.82 Å². The van der Waals surface area contributed by atoms with Crippen LogP contribution in [0.1, 0.15) is 12.8 Å². The predicted molar refractivity (Wildman–Crippen MR) is 117 cm³/mol. The average Bonchev–Trinajstić information content (AvgIpc) is 3.22. The van der Waals surface area contributed by atoms with Crippen molar-refractivity contribution in [3.8, 4) is 17.0 Å². The molecular weight excluding hydrogens is 446 g/mol.